The number of amides is 2. The molecule has 0 aromatic heterocycles. The highest BCUT2D eigenvalue weighted by molar-refractivity contribution is 6.39. The van der Waals surface area contributed by atoms with Crippen LogP contribution in [-0.4, -0.2) is 49.5 Å². The Balaban J connectivity index is 1.37. The van der Waals surface area contributed by atoms with Crippen molar-refractivity contribution in [3.63, 3.8) is 0 Å². The molecule has 0 aliphatic carbocycles. The zero-order valence-electron chi connectivity index (χ0n) is 15.6. The SMILES string of the molecule is O=C(NCCCN1CCOC(c2ccccc2)C1)C(=O)Nc1cccc(F)c1. The lowest BCUT2D eigenvalue weighted by molar-refractivity contribution is -0.136. The summed E-state index contributed by atoms with van der Waals surface area (Å²) in [5.41, 5.74) is 1.41. The van der Waals surface area contributed by atoms with Gasteiger partial charge >= 0.3 is 11.8 Å². The van der Waals surface area contributed by atoms with E-state index in [1.165, 1.54) is 18.2 Å². The maximum Gasteiger partial charge on any atom is 0.313 e. The fraction of sp³-hybridized carbons (Fsp3) is 0.333. The Hall–Kier alpha value is -2.77. The Morgan fingerprint density at radius 3 is 2.71 bits per heavy atom. The third kappa shape index (κ3) is 5.87. The lowest BCUT2D eigenvalue weighted by Crippen LogP contribution is -2.41. The second-order valence-corrected chi connectivity index (χ2v) is 6.64. The van der Waals surface area contributed by atoms with E-state index in [9.17, 15) is 14.0 Å². The summed E-state index contributed by atoms with van der Waals surface area (Å²) in [6.45, 7) is 3.51. The van der Waals surface area contributed by atoms with Crippen LogP contribution in [-0.2, 0) is 14.3 Å². The van der Waals surface area contributed by atoms with Gasteiger partial charge in [0.15, 0.2) is 0 Å². The topological polar surface area (TPSA) is 70.7 Å². The molecule has 2 N–H and O–H groups in total. The van der Waals surface area contributed by atoms with Gasteiger partial charge in [-0.1, -0.05) is 36.4 Å². The molecule has 2 amide bonds. The van der Waals surface area contributed by atoms with Crippen LogP contribution in [0.15, 0.2) is 54.6 Å². The number of nitrogens with zero attached hydrogens (tertiary/aromatic N) is 1. The summed E-state index contributed by atoms with van der Waals surface area (Å²) in [4.78, 5) is 26.0. The molecular formula is C21H24FN3O3. The number of rotatable bonds is 6. The highest BCUT2D eigenvalue weighted by Gasteiger charge is 2.21. The van der Waals surface area contributed by atoms with Gasteiger partial charge in [0.05, 0.1) is 12.7 Å². The molecule has 0 radical (unpaired) electrons. The molecule has 0 bridgehead atoms. The predicted molar refractivity (Wildman–Crippen MR) is 104 cm³/mol. The molecule has 2 aromatic rings. The lowest BCUT2D eigenvalue weighted by Gasteiger charge is -2.33. The van der Waals surface area contributed by atoms with E-state index in [1.807, 2.05) is 18.2 Å². The Morgan fingerprint density at radius 1 is 1.11 bits per heavy atom. The van der Waals surface area contributed by atoms with E-state index in [4.69, 9.17) is 4.74 Å². The summed E-state index contributed by atoms with van der Waals surface area (Å²) >= 11 is 0. The van der Waals surface area contributed by atoms with E-state index in [-0.39, 0.29) is 11.8 Å². The van der Waals surface area contributed by atoms with Gasteiger partial charge < -0.3 is 15.4 Å². The number of nitrogens with one attached hydrogen (secondary N) is 2. The summed E-state index contributed by atoms with van der Waals surface area (Å²) in [5, 5.41) is 4.98. The van der Waals surface area contributed by atoms with Crippen LogP contribution >= 0.6 is 0 Å². The highest BCUT2D eigenvalue weighted by Crippen LogP contribution is 2.21. The molecule has 2 aromatic carbocycles. The quantitative estimate of drug-likeness (QED) is 0.592. The Kier molecular flexibility index (Phi) is 7.11. The normalized spacial score (nSPS) is 17.1. The predicted octanol–water partition coefficient (Wildman–Crippen LogP) is 2.34. The molecule has 0 saturated carbocycles. The molecule has 1 aliphatic rings. The summed E-state index contributed by atoms with van der Waals surface area (Å²) in [5.74, 6) is -2.01. The van der Waals surface area contributed by atoms with Crippen LogP contribution in [0.25, 0.3) is 0 Å². The molecule has 7 heteroatoms. The van der Waals surface area contributed by atoms with Gasteiger partial charge in [-0.15, -0.1) is 0 Å². The molecule has 1 saturated heterocycles. The van der Waals surface area contributed by atoms with Crippen molar-refractivity contribution < 1.29 is 18.7 Å². The first-order valence-corrected chi connectivity index (χ1v) is 9.35. The number of ether oxygens (including phenoxy) is 1. The van der Waals surface area contributed by atoms with Gasteiger partial charge in [0, 0.05) is 31.9 Å². The number of hydrogen-bond acceptors (Lipinski definition) is 4. The minimum absolute atomic E-state index is 0.0570. The monoisotopic (exact) mass is 385 g/mol. The van der Waals surface area contributed by atoms with Gasteiger partial charge in [0.25, 0.3) is 0 Å². The van der Waals surface area contributed by atoms with Crippen LogP contribution in [0.4, 0.5) is 10.1 Å². The Labute approximate surface area is 163 Å². The van der Waals surface area contributed by atoms with E-state index in [0.717, 1.165) is 37.7 Å². The number of halogens is 1. The van der Waals surface area contributed by atoms with Gasteiger partial charge in [0.1, 0.15) is 5.82 Å². The lowest BCUT2D eigenvalue weighted by atomic mass is 10.1. The van der Waals surface area contributed by atoms with Crippen LogP contribution in [0.1, 0.15) is 18.1 Å². The molecule has 6 nitrogen and oxygen atoms in total. The van der Waals surface area contributed by atoms with Crippen molar-refractivity contribution in [3.05, 3.63) is 66.0 Å². The molecule has 3 rings (SSSR count). The van der Waals surface area contributed by atoms with Crippen LogP contribution in [0.5, 0.6) is 0 Å². The van der Waals surface area contributed by atoms with Crippen molar-refractivity contribution in [2.24, 2.45) is 0 Å². The first-order chi connectivity index (χ1) is 13.6. The number of carbonyl (C=O) groups excluding carboxylic acids is 2. The molecule has 1 fully saturated rings. The van der Waals surface area contributed by atoms with Gasteiger partial charge in [-0.3, -0.25) is 14.5 Å². The maximum absolute atomic E-state index is 13.1. The first kappa shape index (κ1) is 20.0. The number of carbonyl (C=O) groups is 2. The minimum atomic E-state index is -0.805. The molecule has 1 unspecified atom stereocenters. The summed E-state index contributed by atoms with van der Waals surface area (Å²) in [6, 6.07) is 15.5. The molecule has 148 valence electrons. The van der Waals surface area contributed by atoms with E-state index >= 15 is 0 Å². The smallest absolute Gasteiger partial charge is 0.313 e. The van der Waals surface area contributed by atoms with Crippen molar-refractivity contribution in [3.8, 4) is 0 Å². The van der Waals surface area contributed by atoms with Crippen LogP contribution in [0.3, 0.4) is 0 Å². The van der Waals surface area contributed by atoms with Crippen molar-refractivity contribution in [2.75, 3.05) is 38.1 Å². The fourth-order valence-electron chi connectivity index (χ4n) is 3.11. The van der Waals surface area contributed by atoms with Crippen LogP contribution in [0.2, 0.25) is 0 Å². The highest BCUT2D eigenvalue weighted by atomic mass is 19.1. The number of hydrogen-bond donors (Lipinski definition) is 2. The number of anilines is 1. The fourth-order valence-corrected chi connectivity index (χ4v) is 3.11. The van der Waals surface area contributed by atoms with Crippen molar-refractivity contribution >= 4 is 17.5 Å². The zero-order chi connectivity index (χ0) is 19.8. The van der Waals surface area contributed by atoms with Gasteiger partial charge in [-0.25, -0.2) is 4.39 Å². The average Bonchev–Trinajstić information content (AvgIpc) is 2.72. The number of morpholine rings is 1. The minimum Gasteiger partial charge on any atom is -0.371 e. The first-order valence-electron chi connectivity index (χ1n) is 9.35. The van der Waals surface area contributed by atoms with Crippen LogP contribution < -0.4 is 10.6 Å². The molecule has 1 heterocycles. The van der Waals surface area contributed by atoms with E-state index in [0.29, 0.717) is 13.2 Å². The second kappa shape index (κ2) is 9.96. The number of benzene rings is 2. The molecule has 1 aliphatic heterocycles. The third-order valence-corrected chi connectivity index (χ3v) is 4.55. The Bertz CT molecular complexity index is 800. The summed E-state index contributed by atoms with van der Waals surface area (Å²) < 4.78 is 19.0. The van der Waals surface area contributed by atoms with Crippen molar-refractivity contribution in [2.45, 2.75) is 12.5 Å². The second-order valence-electron chi connectivity index (χ2n) is 6.64. The van der Waals surface area contributed by atoms with E-state index < -0.39 is 17.6 Å². The Morgan fingerprint density at radius 2 is 1.93 bits per heavy atom. The molecular weight excluding hydrogens is 361 g/mol. The molecule has 0 spiro atoms. The standard InChI is InChI=1S/C21H24FN3O3/c22-17-8-4-9-18(14-17)24-21(27)20(26)23-10-5-11-25-12-13-28-19(15-25)16-6-2-1-3-7-16/h1-4,6-9,14,19H,5,10-13,15H2,(H,23,26)(H,24,27). The summed E-state index contributed by atoms with van der Waals surface area (Å²) in [6.07, 6.45) is 0.780. The van der Waals surface area contributed by atoms with Gasteiger partial charge in [-0.2, -0.15) is 0 Å². The van der Waals surface area contributed by atoms with Crippen molar-refractivity contribution in [1.82, 2.24) is 10.2 Å². The molecule has 1 atom stereocenters. The van der Waals surface area contributed by atoms with E-state index in [1.54, 1.807) is 0 Å². The maximum atomic E-state index is 13.1. The largest absolute Gasteiger partial charge is 0.371 e. The van der Waals surface area contributed by atoms with Crippen LogP contribution in [0, 0.1) is 5.82 Å². The van der Waals surface area contributed by atoms with Gasteiger partial charge in [-0.05, 0) is 30.2 Å². The third-order valence-electron chi connectivity index (χ3n) is 4.55. The van der Waals surface area contributed by atoms with Gasteiger partial charge in [0.2, 0.25) is 0 Å². The van der Waals surface area contributed by atoms with E-state index in [2.05, 4.69) is 27.7 Å². The average molecular weight is 385 g/mol. The van der Waals surface area contributed by atoms with Crippen molar-refractivity contribution in [1.29, 1.82) is 0 Å². The summed E-state index contributed by atoms with van der Waals surface area (Å²) in [7, 11) is 0. The zero-order valence-corrected chi connectivity index (χ0v) is 15.6. The molecule has 28 heavy (non-hydrogen) atoms.